The molecule has 1 aromatic carbocycles. The van der Waals surface area contributed by atoms with Gasteiger partial charge in [0.1, 0.15) is 0 Å². The van der Waals surface area contributed by atoms with Crippen molar-refractivity contribution in [3.8, 4) is 0 Å². The molecule has 0 heterocycles. The Morgan fingerprint density at radius 1 is 1.32 bits per heavy atom. The Morgan fingerprint density at radius 2 is 2.05 bits per heavy atom. The van der Waals surface area contributed by atoms with E-state index in [0.29, 0.717) is 24.3 Å². The number of anilines is 2. The van der Waals surface area contributed by atoms with E-state index in [0.717, 1.165) is 18.5 Å². The van der Waals surface area contributed by atoms with Crippen LogP contribution in [0.25, 0.3) is 0 Å². The van der Waals surface area contributed by atoms with Gasteiger partial charge in [-0.2, -0.15) is 0 Å². The Hall–Kier alpha value is -2.04. The molecule has 1 aliphatic carbocycles. The molecule has 4 N–H and O–H groups in total. The number of benzene rings is 1. The third-order valence-electron chi connectivity index (χ3n) is 3.13. The van der Waals surface area contributed by atoms with Crippen molar-refractivity contribution < 1.29 is 9.59 Å². The highest BCUT2D eigenvalue weighted by molar-refractivity contribution is 5.99. The number of carbonyl (C=O) groups excluding carboxylic acids is 2. The topological polar surface area (TPSA) is 84.2 Å². The van der Waals surface area contributed by atoms with Crippen LogP contribution in [0.2, 0.25) is 0 Å². The van der Waals surface area contributed by atoms with E-state index in [2.05, 4.69) is 10.6 Å². The lowest BCUT2D eigenvalue weighted by molar-refractivity contribution is -0.122. The molecule has 0 spiro atoms. The normalized spacial score (nSPS) is 13.9. The molecule has 1 amide bonds. The predicted molar refractivity (Wildman–Crippen MR) is 75.1 cm³/mol. The van der Waals surface area contributed by atoms with Crippen LogP contribution < -0.4 is 16.4 Å². The lowest BCUT2D eigenvalue weighted by atomic mass is 10.1. The molecule has 1 aliphatic rings. The van der Waals surface area contributed by atoms with Gasteiger partial charge in [0, 0.05) is 35.9 Å². The summed E-state index contributed by atoms with van der Waals surface area (Å²) < 4.78 is 0. The number of hydrogen-bond acceptors (Lipinski definition) is 4. The maximum Gasteiger partial charge on any atom is 0.223 e. The van der Waals surface area contributed by atoms with Gasteiger partial charge in [-0.3, -0.25) is 9.59 Å². The number of nitrogens with one attached hydrogen (secondary N) is 2. The summed E-state index contributed by atoms with van der Waals surface area (Å²) in [4.78, 5) is 22.6. The number of rotatable bonds is 6. The van der Waals surface area contributed by atoms with Crippen LogP contribution in [0.1, 0.15) is 30.1 Å². The number of carbonyl (C=O) groups is 2. The number of nitrogens with two attached hydrogens (primary N) is 1. The van der Waals surface area contributed by atoms with Crippen molar-refractivity contribution in [2.75, 3.05) is 24.1 Å². The minimum absolute atomic E-state index is 0.0410. The molecule has 5 nitrogen and oxygen atoms in total. The lowest BCUT2D eigenvalue weighted by Gasteiger charge is -2.09. The van der Waals surface area contributed by atoms with E-state index < -0.39 is 0 Å². The zero-order valence-corrected chi connectivity index (χ0v) is 11.0. The first-order chi connectivity index (χ1) is 9.08. The molecule has 19 heavy (non-hydrogen) atoms. The van der Waals surface area contributed by atoms with E-state index in [1.165, 1.54) is 6.92 Å². The minimum atomic E-state index is -0.0410. The highest BCUT2D eigenvalue weighted by Crippen LogP contribution is 2.28. The van der Waals surface area contributed by atoms with Crippen LogP contribution in [0, 0.1) is 5.92 Å². The first kappa shape index (κ1) is 13.4. The van der Waals surface area contributed by atoms with Crippen LogP contribution in [0.15, 0.2) is 18.2 Å². The van der Waals surface area contributed by atoms with Crippen LogP contribution >= 0.6 is 0 Å². The SMILES string of the molecule is CC(=O)c1ccc(NCCNC(=O)C2CC2)cc1N. The fraction of sp³-hybridized carbons (Fsp3) is 0.429. The summed E-state index contributed by atoms with van der Waals surface area (Å²) in [6, 6.07) is 5.26. The molecule has 0 aromatic heterocycles. The van der Waals surface area contributed by atoms with Gasteiger partial charge in [-0.15, -0.1) is 0 Å². The lowest BCUT2D eigenvalue weighted by Crippen LogP contribution is -2.29. The van der Waals surface area contributed by atoms with E-state index in [1.807, 2.05) is 6.07 Å². The summed E-state index contributed by atoms with van der Waals surface area (Å²) in [5, 5.41) is 6.03. The van der Waals surface area contributed by atoms with E-state index in [4.69, 9.17) is 5.73 Å². The third kappa shape index (κ3) is 3.71. The van der Waals surface area contributed by atoms with Gasteiger partial charge in [0.15, 0.2) is 5.78 Å². The van der Waals surface area contributed by atoms with Crippen LogP contribution in [0.5, 0.6) is 0 Å². The molecule has 0 atom stereocenters. The van der Waals surface area contributed by atoms with E-state index in [1.54, 1.807) is 12.1 Å². The summed E-state index contributed by atoms with van der Waals surface area (Å²) in [7, 11) is 0. The molecule has 1 saturated carbocycles. The molecular formula is C14H19N3O2. The highest BCUT2D eigenvalue weighted by Gasteiger charge is 2.28. The molecule has 0 saturated heterocycles. The van der Waals surface area contributed by atoms with Gasteiger partial charge in [-0.1, -0.05) is 0 Å². The average molecular weight is 261 g/mol. The molecule has 0 unspecified atom stereocenters. The van der Waals surface area contributed by atoms with Gasteiger partial charge in [0.25, 0.3) is 0 Å². The fourth-order valence-electron chi connectivity index (χ4n) is 1.88. The second-order valence-electron chi connectivity index (χ2n) is 4.85. The molecule has 1 aromatic rings. The molecule has 5 heteroatoms. The number of Topliss-reactive ketones (excluding diaryl/α,β-unsaturated/α-hetero) is 1. The summed E-state index contributed by atoms with van der Waals surface area (Å²) in [6.45, 7) is 2.72. The summed E-state index contributed by atoms with van der Waals surface area (Å²) in [5.41, 5.74) is 7.65. The molecule has 0 bridgehead atoms. The summed E-state index contributed by atoms with van der Waals surface area (Å²) in [5.74, 6) is 0.347. The summed E-state index contributed by atoms with van der Waals surface area (Å²) in [6.07, 6.45) is 2.03. The van der Waals surface area contributed by atoms with Crippen molar-refractivity contribution in [3.05, 3.63) is 23.8 Å². The number of amides is 1. The zero-order chi connectivity index (χ0) is 13.8. The Labute approximate surface area is 112 Å². The predicted octanol–water partition coefficient (Wildman–Crippen LogP) is 1.41. The van der Waals surface area contributed by atoms with Gasteiger partial charge < -0.3 is 16.4 Å². The van der Waals surface area contributed by atoms with Gasteiger partial charge in [-0.25, -0.2) is 0 Å². The Morgan fingerprint density at radius 3 is 2.63 bits per heavy atom. The van der Waals surface area contributed by atoms with Crippen molar-refractivity contribution in [1.82, 2.24) is 5.32 Å². The van der Waals surface area contributed by atoms with Crippen molar-refractivity contribution in [2.24, 2.45) is 5.92 Å². The Kier molecular flexibility index (Phi) is 4.04. The van der Waals surface area contributed by atoms with Gasteiger partial charge in [0.05, 0.1) is 0 Å². The second-order valence-corrected chi connectivity index (χ2v) is 4.85. The number of ketones is 1. The van der Waals surface area contributed by atoms with E-state index in [9.17, 15) is 9.59 Å². The van der Waals surface area contributed by atoms with Crippen molar-refractivity contribution in [3.63, 3.8) is 0 Å². The van der Waals surface area contributed by atoms with Crippen molar-refractivity contribution in [1.29, 1.82) is 0 Å². The molecular weight excluding hydrogens is 242 g/mol. The molecule has 2 rings (SSSR count). The molecule has 102 valence electrons. The van der Waals surface area contributed by atoms with Crippen molar-refractivity contribution in [2.45, 2.75) is 19.8 Å². The van der Waals surface area contributed by atoms with Crippen molar-refractivity contribution >= 4 is 23.1 Å². The number of nitrogen functional groups attached to an aromatic ring is 1. The quantitative estimate of drug-likeness (QED) is 0.410. The molecule has 0 radical (unpaired) electrons. The maximum absolute atomic E-state index is 11.4. The standard InChI is InChI=1S/C14H19N3O2/c1-9(18)12-5-4-11(8-13(12)15)16-6-7-17-14(19)10-2-3-10/h4-5,8,10,16H,2-3,6-7,15H2,1H3,(H,17,19). The monoisotopic (exact) mass is 261 g/mol. The van der Waals surface area contributed by atoms with Gasteiger partial charge in [-0.05, 0) is 38.0 Å². The molecule has 1 fully saturated rings. The largest absolute Gasteiger partial charge is 0.398 e. The van der Waals surface area contributed by atoms with Crippen LogP contribution in [-0.2, 0) is 4.79 Å². The smallest absolute Gasteiger partial charge is 0.223 e. The van der Waals surface area contributed by atoms with Gasteiger partial charge >= 0.3 is 0 Å². The minimum Gasteiger partial charge on any atom is -0.398 e. The van der Waals surface area contributed by atoms with Gasteiger partial charge in [0.2, 0.25) is 5.91 Å². The van der Waals surface area contributed by atoms with Crippen LogP contribution in [-0.4, -0.2) is 24.8 Å². The first-order valence-corrected chi connectivity index (χ1v) is 6.50. The van der Waals surface area contributed by atoms with E-state index >= 15 is 0 Å². The summed E-state index contributed by atoms with van der Waals surface area (Å²) >= 11 is 0. The fourth-order valence-corrected chi connectivity index (χ4v) is 1.88. The Balaban J connectivity index is 1.77. The van der Waals surface area contributed by atoms with E-state index in [-0.39, 0.29) is 17.6 Å². The van der Waals surface area contributed by atoms with Crippen LogP contribution in [0.4, 0.5) is 11.4 Å². The highest BCUT2D eigenvalue weighted by atomic mass is 16.2. The second kappa shape index (κ2) is 5.73. The first-order valence-electron chi connectivity index (χ1n) is 6.50. The molecule has 0 aliphatic heterocycles. The average Bonchev–Trinajstić information content (AvgIpc) is 3.18. The number of hydrogen-bond donors (Lipinski definition) is 3. The zero-order valence-electron chi connectivity index (χ0n) is 11.0. The third-order valence-corrected chi connectivity index (χ3v) is 3.13. The maximum atomic E-state index is 11.4. The van der Waals surface area contributed by atoms with Crippen LogP contribution in [0.3, 0.4) is 0 Å². The Bertz CT molecular complexity index is 495.